The molecule has 6 nitrogen and oxygen atoms in total. The Balaban J connectivity index is 0.00000267. The summed E-state index contributed by atoms with van der Waals surface area (Å²) >= 11 is 0. The summed E-state index contributed by atoms with van der Waals surface area (Å²) in [6.45, 7) is 2.42. The maximum absolute atomic E-state index is 13.7. The standard InChI is InChI=1S/C28H22NO5P.Na/c1-17-20-11-6-5-10-19(20)14-29-15-22-25(26(17)29)27(30)21-12-7-13-23(24(21)28(22)31)35(32,33)34-16-18-8-3-2-4-9-18;/h2-13,15,17H,14,16H2,1H3,(H,32,33);/q;+1/p-1. The zero-order valence-corrected chi connectivity index (χ0v) is 22.8. The molecule has 0 saturated carbocycles. The number of aromatic nitrogens is 1. The fourth-order valence-corrected chi connectivity index (χ4v) is 6.50. The molecule has 2 heterocycles. The summed E-state index contributed by atoms with van der Waals surface area (Å²) in [6, 6.07) is 21.3. The van der Waals surface area contributed by atoms with Crippen molar-refractivity contribution < 1.29 is 53.1 Å². The van der Waals surface area contributed by atoms with Crippen molar-refractivity contribution in [1.29, 1.82) is 0 Å². The SMILES string of the molecule is CC1c2ccccc2Cn2cc3c(c21)C(=O)c1cccc(P(=O)([O-])OCc2ccccc2)c1C3=O.[Na+]. The van der Waals surface area contributed by atoms with Crippen LogP contribution in [0, 0.1) is 0 Å². The van der Waals surface area contributed by atoms with Crippen LogP contribution in [0.1, 0.15) is 67.1 Å². The van der Waals surface area contributed by atoms with Gasteiger partial charge >= 0.3 is 29.6 Å². The maximum Gasteiger partial charge on any atom is 1.00 e. The van der Waals surface area contributed by atoms with E-state index >= 15 is 0 Å². The average Bonchev–Trinajstić information content (AvgIpc) is 3.27. The zero-order valence-electron chi connectivity index (χ0n) is 19.9. The van der Waals surface area contributed by atoms with Crippen molar-refractivity contribution in [2.75, 3.05) is 0 Å². The van der Waals surface area contributed by atoms with Gasteiger partial charge in [-0.25, -0.2) is 0 Å². The normalized spacial score (nSPS) is 17.2. The Bertz CT molecular complexity index is 1580. The van der Waals surface area contributed by atoms with Gasteiger partial charge in [0.15, 0.2) is 19.2 Å². The molecule has 2 aliphatic rings. The molecule has 8 heteroatoms. The minimum Gasteiger partial charge on any atom is -0.775 e. The minimum absolute atomic E-state index is 0. The molecule has 1 aliphatic heterocycles. The Morgan fingerprint density at radius 3 is 2.39 bits per heavy atom. The summed E-state index contributed by atoms with van der Waals surface area (Å²) in [4.78, 5) is 40.6. The van der Waals surface area contributed by atoms with E-state index in [9.17, 15) is 19.0 Å². The average molecular weight is 505 g/mol. The van der Waals surface area contributed by atoms with E-state index in [2.05, 4.69) is 0 Å². The smallest absolute Gasteiger partial charge is 0.775 e. The third kappa shape index (κ3) is 3.90. The van der Waals surface area contributed by atoms with Gasteiger partial charge in [-0.1, -0.05) is 73.7 Å². The fraction of sp³-hybridized carbons (Fsp3) is 0.143. The van der Waals surface area contributed by atoms with Crippen LogP contribution in [0.25, 0.3) is 0 Å². The third-order valence-electron chi connectivity index (χ3n) is 6.92. The molecule has 2 unspecified atom stereocenters. The summed E-state index contributed by atoms with van der Waals surface area (Å²) in [5.74, 6) is -0.882. The summed E-state index contributed by atoms with van der Waals surface area (Å²) in [6.07, 6.45) is 1.69. The minimum atomic E-state index is -4.64. The predicted molar refractivity (Wildman–Crippen MR) is 129 cm³/mol. The van der Waals surface area contributed by atoms with Crippen molar-refractivity contribution in [1.82, 2.24) is 4.57 Å². The molecule has 4 aromatic rings. The Morgan fingerprint density at radius 2 is 1.61 bits per heavy atom. The van der Waals surface area contributed by atoms with Gasteiger partial charge in [-0.2, -0.15) is 0 Å². The van der Waals surface area contributed by atoms with Gasteiger partial charge in [0.1, 0.15) is 0 Å². The van der Waals surface area contributed by atoms with E-state index in [0.717, 1.165) is 16.8 Å². The number of fused-ring (bicyclic) bond motifs is 5. The first-order chi connectivity index (χ1) is 16.9. The maximum atomic E-state index is 13.7. The molecular weight excluding hydrogens is 484 g/mol. The van der Waals surface area contributed by atoms with Crippen LogP contribution < -0.4 is 39.8 Å². The van der Waals surface area contributed by atoms with Crippen molar-refractivity contribution >= 4 is 24.5 Å². The van der Waals surface area contributed by atoms with E-state index in [-0.39, 0.29) is 69.9 Å². The van der Waals surface area contributed by atoms with Gasteiger partial charge < -0.3 is 18.5 Å². The van der Waals surface area contributed by atoms with Gasteiger partial charge in [0.05, 0.1) is 17.7 Å². The quantitative estimate of drug-likeness (QED) is 0.271. The van der Waals surface area contributed by atoms with Gasteiger partial charge in [0.25, 0.3) is 0 Å². The summed E-state index contributed by atoms with van der Waals surface area (Å²) in [7, 11) is -4.64. The molecule has 1 aromatic heterocycles. The Kier molecular flexibility index (Phi) is 6.54. The molecule has 36 heavy (non-hydrogen) atoms. The first kappa shape index (κ1) is 25.1. The van der Waals surface area contributed by atoms with Crippen LogP contribution in [0.4, 0.5) is 0 Å². The summed E-state index contributed by atoms with van der Waals surface area (Å²) in [5, 5.41) is -0.254. The number of benzene rings is 3. The third-order valence-corrected chi connectivity index (χ3v) is 8.35. The van der Waals surface area contributed by atoms with E-state index in [4.69, 9.17) is 4.52 Å². The number of hydrogen-bond donors (Lipinski definition) is 0. The number of nitrogens with zero attached hydrogens (tertiary/aromatic N) is 1. The predicted octanol–water partition coefficient (Wildman–Crippen LogP) is 1.18. The summed E-state index contributed by atoms with van der Waals surface area (Å²) in [5.41, 5.74) is 4.34. The number of hydrogen-bond acceptors (Lipinski definition) is 5. The topological polar surface area (TPSA) is 88.4 Å². The Hall–Kier alpha value is -2.57. The molecule has 0 saturated heterocycles. The van der Waals surface area contributed by atoms with E-state index in [1.807, 2.05) is 41.8 Å². The first-order valence-corrected chi connectivity index (χ1v) is 12.9. The fourth-order valence-electron chi connectivity index (χ4n) is 5.28. The molecule has 1 aliphatic carbocycles. The monoisotopic (exact) mass is 505 g/mol. The van der Waals surface area contributed by atoms with E-state index < -0.39 is 13.4 Å². The second-order valence-electron chi connectivity index (χ2n) is 8.97. The van der Waals surface area contributed by atoms with Gasteiger partial charge in [-0.15, -0.1) is 0 Å². The molecule has 0 N–H and O–H groups in total. The molecular formula is C28H21NNaO5P. The van der Waals surface area contributed by atoms with Crippen molar-refractivity contribution in [3.63, 3.8) is 0 Å². The molecule has 2 atom stereocenters. The van der Waals surface area contributed by atoms with Crippen LogP contribution in [-0.4, -0.2) is 16.1 Å². The van der Waals surface area contributed by atoms with E-state index in [0.29, 0.717) is 17.7 Å². The number of rotatable bonds is 4. The first-order valence-electron chi connectivity index (χ1n) is 11.4. The van der Waals surface area contributed by atoms with Crippen LogP contribution in [0.3, 0.4) is 0 Å². The molecule has 174 valence electrons. The molecule has 3 aromatic carbocycles. The molecule has 0 fully saturated rings. The van der Waals surface area contributed by atoms with Gasteiger partial charge in [-0.3, -0.25) is 9.59 Å². The van der Waals surface area contributed by atoms with Gasteiger partial charge in [0, 0.05) is 40.8 Å². The second kappa shape index (κ2) is 9.38. The van der Waals surface area contributed by atoms with Crippen LogP contribution in [0.15, 0.2) is 79.0 Å². The van der Waals surface area contributed by atoms with Gasteiger partial charge in [-0.05, 0) is 22.8 Å². The van der Waals surface area contributed by atoms with Crippen molar-refractivity contribution in [2.45, 2.75) is 26.0 Å². The summed E-state index contributed by atoms with van der Waals surface area (Å²) < 4.78 is 20.4. The molecule has 0 radical (unpaired) electrons. The van der Waals surface area contributed by atoms with Crippen molar-refractivity contribution in [2.24, 2.45) is 0 Å². The zero-order chi connectivity index (χ0) is 24.3. The number of ketones is 2. The Labute approximate surface area is 230 Å². The molecule has 0 amide bonds. The second-order valence-corrected chi connectivity index (χ2v) is 10.7. The van der Waals surface area contributed by atoms with Crippen LogP contribution in [0.5, 0.6) is 0 Å². The van der Waals surface area contributed by atoms with Gasteiger partial charge in [0.2, 0.25) is 0 Å². The largest absolute Gasteiger partial charge is 1.00 e. The number of carbonyl (C=O) groups is 2. The molecule has 6 rings (SSSR count). The van der Waals surface area contributed by atoms with Crippen LogP contribution in [0.2, 0.25) is 0 Å². The van der Waals surface area contributed by atoms with Crippen LogP contribution in [-0.2, 0) is 22.2 Å². The van der Waals surface area contributed by atoms with Crippen molar-refractivity contribution in [3.05, 3.63) is 124 Å². The van der Waals surface area contributed by atoms with Crippen molar-refractivity contribution in [3.8, 4) is 0 Å². The van der Waals surface area contributed by atoms with Crippen LogP contribution >= 0.6 is 7.60 Å². The number of carbonyl (C=O) groups excluding carboxylic acids is 2. The Morgan fingerprint density at radius 1 is 0.917 bits per heavy atom. The molecule has 0 spiro atoms. The molecule has 0 bridgehead atoms. The van der Waals surface area contributed by atoms with E-state index in [1.54, 1.807) is 30.5 Å². The van der Waals surface area contributed by atoms with E-state index in [1.165, 1.54) is 18.2 Å².